The summed E-state index contributed by atoms with van der Waals surface area (Å²) < 4.78 is 6.37. The van der Waals surface area contributed by atoms with Crippen LogP contribution in [0.5, 0.6) is 0 Å². The molecular formula is C27H27N9. The fourth-order valence-corrected chi connectivity index (χ4v) is 5.53. The summed E-state index contributed by atoms with van der Waals surface area (Å²) in [6.07, 6.45) is 0. The predicted molar refractivity (Wildman–Crippen MR) is 141 cm³/mol. The predicted octanol–water partition coefficient (Wildman–Crippen LogP) is 5.05. The lowest BCUT2D eigenvalue weighted by Gasteiger charge is -2.10. The van der Waals surface area contributed by atoms with E-state index in [9.17, 15) is 0 Å². The second kappa shape index (κ2) is 6.54. The molecule has 0 saturated heterocycles. The van der Waals surface area contributed by atoms with Gasteiger partial charge in [0.25, 0.3) is 0 Å². The maximum atomic E-state index is 5.07. The third kappa shape index (κ3) is 2.31. The van der Waals surface area contributed by atoms with Gasteiger partial charge in [0.2, 0.25) is 17.3 Å². The number of rotatable bonds is 0. The molecule has 7 rings (SSSR count). The van der Waals surface area contributed by atoms with Crippen LogP contribution < -0.4 is 0 Å². The van der Waals surface area contributed by atoms with Crippen LogP contribution >= 0.6 is 0 Å². The van der Waals surface area contributed by atoms with Crippen LogP contribution in [0.3, 0.4) is 0 Å². The Morgan fingerprint density at radius 1 is 0.333 bits per heavy atom. The van der Waals surface area contributed by atoms with Crippen molar-refractivity contribution in [1.82, 2.24) is 43.1 Å². The fraction of sp³-hybridized carbons (Fsp3) is 0.333. The third-order valence-corrected chi connectivity index (χ3v) is 8.33. The van der Waals surface area contributed by atoms with Crippen molar-refractivity contribution in [2.45, 2.75) is 62.3 Å². The van der Waals surface area contributed by atoms with Crippen molar-refractivity contribution in [1.29, 1.82) is 0 Å². The lowest BCUT2D eigenvalue weighted by molar-refractivity contribution is 1.01. The summed E-state index contributed by atoms with van der Waals surface area (Å²) in [5.74, 6) is 2.18. The van der Waals surface area contributed by atoms with Crippen LogP contribution in [0.15, 0.2) is 0 Å². The van der Waals surface area contributed by atoms with Gasteiger partial charge in [-0.25, -0.2) is 28.2 Å². The van der Waals surface area contributed by atoms with E-state index in [1.165, 1.54) is 0 Å². The van der Waals surface area contributed by atoms with Gasteiger partial charge < -0.3 is 0 Å². The zero-order valence-corrected chi connectivity index (χ0v) is 22.0. The minimum atomic E-state index is 0.699. The van der Waals surface area contributed by atoms with Crippen molar-refractivity contribution in [3.63, 3.8) is 0 Å². The fourth-order valence-electron chi connectivity index (χ4n) is 5.53. The topological polar surface area (TPSA) is 90.6 Å². The first kappa shape index (κ1) is 21.2. The molecule has 0 aliphatic heterocycles. The molecule has 0 atom stereocenters. The van der Waals surface area contributed by atoms with Gasteiger partial charge >= 0.3 is 0 Å². The molecule has 0 amide bonds. The number of hydrogen-bond donors (Lipinski definition) is 0. The number of hydrogen-bond acceptors (Lipinski definition) is 6. The molecule has 9 heteroatoms. The van der Waals surface area contributed by atoms with E-state index < -0.39 is 0 Å². The summed E-state index contributed by atoms with van der Waals surface area (Å²) in [6.45, 7) is 18.8. The van der Waals surface area contributed by atoms with Crippen molar-refractivity contribution in [2.75, 3.05) is 0 Å². The monoisotopic (exact) mass is 477 g/mol. The summed E-state index contributed by atoms with van der Waals surface area (Å²) in [4.78, 5) is 29.8. The van der Waals surface area contributed by atoms with Gasteiger partial charge in [0.1, 0.15) is 16.6 Å². The van der Waals surface area contributed by atoms with E-state index in [1.807, 2.05) is 20.8 Å². The molecule has 0 fully saturated rings. The van der Waals surface area contributed by atoms with E-state index in [1.54, 1.807) is 0 Å². The lowest BCUT2D eigenvalue weighted by Crippen LogP contribution is -2.06. The molecule has 0 spiro atoms. The Morgan fingerprint density at radius 3 is 0.833 bits per heavy atom. The molecule has 9 nitrogen and oxygen atoms in total. The summed E-state index contributed by atoms with van der Waals surface area (Å²) in [6, 6.07) is 0. The summed E-state index contributed by atoms with van der Waals surface area (Å²) in [7, 11) is 0. The second-order valence-corrected chi connectivity index (χ2v) is 10.1. The van der Waals surface area contributed by atoms with Gasteiger partial charge in [0.05, 0.1) is 0 Å². The van der Waals surface area contributed by atoms with E-state index in [2.05, 4.69) is 54.7 Å². The molecule has 0 aliphatic rings. The first-order chi connectivity index (χ1) is 17.1. The van der Waals surface area contributed by atoms with Crippen molar-refractivity contribution in [2.24, 2.45) is 0 Å². The van der Waals surface area contributed by atoms with Crippen LogP contribution in [0.25, 0.3) is 50.8 Å². The van der Waals surface area contributed by atoms with Crippen LogP contribution in [0, 0.1) is 62.3 Å². The number of nitrogens with zero attached hydrogens (tertiary/aromatic N) is 9. The number of fused-ring (bicyclic) bond motifs is 12. The lowest BCUT2D eigenvalue weighted by atomic mass is 10.1. The maximum absolute atomic E-state index is 5.07. The molecule has 36 heavy (non-hydrogen) atoms. The molecule has 7 aromatic heterocycles. The van der Waals surface area contributed by atoms with E-state index in [0.29, 0.717) is 16.9 Å². The number of imidazole rings is 3. The average molecular weight is 478 g/mol. The number of pyridine rings is 3. The van der Waals surface area contributed by atoms with Crippen LogP contribution in [0.1, 0.15) is 50.5 Å². The van der Waals surface area contributed by atoms with Crippen molar-refractivity contribution >= 4 is 50.8 Å². The van der Waals surface area contributed by atoms with Crippen LogP contribution in [-0.2, 0) is 0 Å². The second-order valence-electron chi connectivity index (χ2n) is 10.1. The van der Waals surface area contributed by atoms with Gasteiger partial charge in [-0.2, -0.15) is 15.0 Å². The Hall–Kier alpha value is -4.14. The van der Waals surface area contributed by atoms with Crippen molar-refractivity contribution in [3.05, 3.63) is 50.5 Å². The van der Waals surface area contributed by atoms with E-state index in [0.717, 1.165) is 84.3 Å². The quantitative estimate of drug-likeness (QED) is 0.304. The molecule has 0 bridgehead atoms. The third-order valence-electron chi connectivity index (χ3n) is 8.33. The highest BCUT2D eigenvalue weighted by molar-refractivity contribution is 5.92. The van der Waals surface area contributed by atoms with Gasteiger partial charge in [-0.1, -0.05) is 0 Å². The van der Waals surface area contributed by atoms with Crippen molar-refractivity contribution in [3.8, 4) is 0 Å². The van der Waals surface area contributed by atoms with Gasteiger partial charge in [-0.05, 0) is 95.7 Å². The highest BCUT2D eigenvalue weighted by Crippen LogP contribution is 2.33. The van der Waals surface area contributed by atoms with Crippen LogP contribution in [0.2, 0.25) is 0 Å². The maximum Gasteiger partial charge on any atom is 0.227 e. The van der Waals surface area contributed by atoms with Gasteiger partial charge in [0.15, 0.2) is 16.9 Å². The van der Waals surface area contributed by atoms with Gasteiger partial charge in [-0.15, -0.1) is 0 Å². The van der Waals surface area contributed by atoms with Gasteiger partial charge in [-0.3, -0.25) is 0 Å². The molecule has 7 aromatic rings. The molecule has 180 valence electrons. The summed E-state index contributed by atoms with van der Waals surface area (Å²) in [5.41, 5.74) is 14.8. The first-order valence-corrected chi connectivity index (χ1v) is 12.2. The molecule has 0 N–H and O–H groups in total. The molecule has 7 heterocycles. The SMILES string of the molecule is Cc1nc2nc3n(c2c(C)c1C)c1nc2nc(C)c(C)c(C)c2n1c1nc2nc(C)c(C)c(C)c2n31. The molecule has 0 aliphatic carbocycles. The van der Waals surface area contributed by atoms with E-state index in [4.69, 9.17) is 29.9 Å². The molecular weight excluding hydrogens is 450 g/mol. The zero-order valence-electron chi connectivity index (χ0n) is 22.0. The number of aromatic nitrogens is 9. The Bertz CT molecular complexity index is 1860. The highest BCUT2D eigenvalue weighted by atomic mass is 15.3. The highest BCUT2D eigenvalue weighted by Gasteiger charge is 2.26. The standard InChI is InChI=1S/C27H27N9/c1-10-13(4)19-22(28-16(10)7)31-25-34(19)26-32-23-20(14(5)11(2)17(8)29-23)36(26)27-33-24-21(35(25)27)15(6)12(3)18(9)30-24/h1-9H3. The van der Waals surface area contributed by atoms with Gasteiger partial charge in [0, 0.05) is 17.1 Å². The van der Waals surface area contributed by atoms with E-state index in [-0.39, 0.29) is 0 Å². The van der Waals surface area contributed by atoms with Crippen molar-refractivity contribution < 1.29 is 0 Å². The Morgan fingerprint density at radius 2 is 0.583 bits per heavy atom. The van der Waals surface area contributed by atoms with Crippen LogP contribution in [0.4, 0.5) is 0 Å². The average Bonchev–Trinajstić information content (AvgIpc) is 3.50. The zero-order chi connectivity index (χ0) is 25.4. The Kier molecular flexibility index (Phi) is 3.85. The summed E-state index contributed by atoms with van der Waals surface area (Å²) >= 11 is 0. The van der Waals surface area contributed by atoms with E-state index >= 15 is 0 Å². The molecule has 0 radical (unpaired) electrons. The largest absolute Gasteiger partial charge is 0.245 e. The summed E-state index contributed by atoms with van der Waals surface area (Å²) in [5, 5.41) is 0. The minimum absolute atomic E-state index is 0.699. The minimum Gasteiger partial charge on any atom is -0.245 e. The molecule has 0 aromatic carbocycles. The molecule has 0 saturated carbocycles. The van der Waals surface area contributed by atoms with Crippen LogP contribution in [-0.4, -0.2) is 43.1 Å². The smallest absolute Gasteiger partial charge is 0.227 e. The molecule has 0 unspecified atom stereocenters. The number of aryl methyl sites for hydroxylation is 6. The Labute approximate surface area is 206 Å². The normalized spacial score (nSPS) is 12.6. The first-order valence-electron chi connectivity index (χ1n) is 12.2. The Balaban J connectivity index is 1.92.